The summed E-state index contributed by atoms with van der Waals surface area (Å²) in [6, 6.07) is 12.8. The van der Waals surface area contributed by atoms with Crippen molar-refractivity contribution in [3.63, 3.8) is 0 Å². The molecule has 0 saturated carbocycles. The van der Waals surface area contributed by atoms with E-state index in [0.29, 0.717) is 29.6 Å². The third-order valence-electron chi connectivity index (χ3n) is 3.99. The largest absolute Gasteiger partial charge is 0.493 e. The van der Waals surface area contributed by atoms with Crippen molar-refractivity contribution in [2.45, 2.75) is 13.3 Å². The molecule has 0 unspecified atom stereocenters. The molecular weight excluding hydrogens is 346 g/mol. The van der Waals surface area contributed by atoms with Crippen molar-refractivity contribution < 1.29 is 23.7 Å². The average molecular weight is 367 g/mol. The van der Waals surface area contributed by atoms with E-state index in [9.17, 15) is 4.79 Å². The van der Waals surface area contributed by atoms with E-state index in [1.165, 1.54) is 0 Å². The fraction of sp³-hybridized carbons (Fsp3) is 0.238. The lowest BCUT2D eigenvalue weighted by molar-refractivity contribution is -0.142. The fourth-order valence-electron chi connectivity index (χ4n) is 2.76. The predicted octanol–water partition coefficient (Wildman–Crippen LogP) is 4.15. The van der Waals surface area contributed by atoms with Crippen LogP contribution in [-0.2, 0) is 16.0 Å². The molecule has 6 heteroatoms. The Kier molecular flexibility index (Phi) is 5.76. The zero-order chi connectivity index (χ0) is 19.2. The van der Waals surface area contributed by atoms with Crippen LogP contribution in [0.5, 0.6) is 23.0 Å². The first kappa shape index (κ1) is 18.5. The van der Waals surface area contributed by atoms with Gasteiger partial charge in [0.25, 0.3) is 0 Å². The van der Waals surface area contributed by atoms with Crippen LogP contribution in [-0.4, -0.2) is 31.8 Å². The topological polar surface area (TPSA) is 66.9 Å². The highest BCUT2D eigenvalue weighted by Crippen LogP contribution is 2.36. The van der Waals surface area contributed by atoms with E-state index in [-0.39, 0.29) is 12.4 Å². The van der Waals surface area contributed by atoms with E-state index in [1.807, 2.05) is 30.3 Å². The number of methoxy groups -OCH3 is 2. The molecule has 3 rings (SSSR count). The minimum Gasteiger partial charge on any atom is -0.493 e. The van der Waals surface area contributed by atoms with Gasteiger partial charge in [-0.1, -0.05) is 12.1 Å². The molecule has 0 aliphatic heterocycles. The highest BCUT2D eigenvalue weighted by Gasteiger charge is 2.12. The van der Waals surface area contributed by atoms with Crippen LogP contribution in [0.2, 0.25) is 0 Å². The number of hydrogen-bond acceptors (Lipinski definition) is 6. The molecule has 1 heterocycles. The quantitative estimate of drug-likeness (QED) is 0.585. The third-order valence-corrected chi connectivity index (χ3v) is 3.99. The first-order valence-electron chi connectivity index (χ1n) is 8.57. The number of aromatic nitrogens is 1. The van der Waals surface area contributed by atoms with E-state index in [1.54, 1.807) is 39.5 Å². The summed E-state index contributed by atoms with van der Waals surface area (Å²) in [5.74, 6) is 2.19. The average Bonchev–Trinajstić information content (AvgIpc) is 2.67. The Morgan fingerprint density at radius 3 is 2.52 bits per heavy atom. The molecule has 1 aromatic heterocycles. The van der Waals surface area contributed by atoms with Gasteiger partial charge in [0, 0.05) is 17.6 Å². The number of rotatable bonds is 7. The second kappa shape index (κ2) is 8.40. The Morgan fingerprint density at radius 2 is 1.78 bits per heavy atom. The molecule has 27 heavy (non-hydrogen) atoms. The minimum atomic E-state index is -0.263. The normalized spacial score (nSPS) is 10.5. The highest BCUT2D eigenvalue weighted by atomic mass is 16.5. The third kappa shape index (κ3) is 4.28. The Morgan fingerprint density at radius 1 is 1.00 bits per heavy atom. The lowest BCUT2D eigenvalue weighted by Gasteiger charge is -2.12. The number of carbonyl (C=O) groups excluding carboxylic acids is 1. The van der Waals surface area contributed by atoms with Gasteiger partial charge in [-0.15, -0.1) is 0 Å². The highest BCUT2D eigenvalue weighted by molar-refractivity contribution is 5.88. The molecule has 0 bridgehead atoms. The van der Waals surface area contributed by atoms with Crippen molar-refractivity contribution in [1.29, 1.82) is 0 Å². The lowest BCUT2D eigenvalue weighted by Crippen LogP contribution is -2.07. The summed E-state index contributed by atoms with van der Waals surface area (Å²) >= 11 is 0. The molecule has 3 aromatic rings. The van der Waals surface area contributed by atoms with Gasteiger partial charge in [0.1, 0.15) is 11.5 Å². The minimum absolute atomic E-state index is 0.202. The summed E-state index contributed by atoms with van der Waals surface area (Å²) in [5.41, 5.74) is 1.55. The molecule has 2 aromatic carbocycles. The van der Waals surface area contributed by atoms with Crippen LogP contribution in [0.3, 0.4) is 0 Å². The Balaban J connectivity index is 1.91. The van der Waals surface area contributed by atoms with E-state index in [2.05, 4.69) is 4.98 Å². The number of fused-ring (bicyclic) bond motifs is 1. The van der Waals surface area contributed by atoms with Crippen LogP contribution in [0.1, 0.15) is 12.5 Å². The summed E-state index contributed by atoms with van der Waals surface area (Å²) in [5, 5.41) is 0.797. The van der Waals surface area contributed by atoms with Crippen LogP contribution in [0, 0.1) is 0 Å². The number of nitrogens with zero attached hydrogens (tertiary/aromatic N) is 1. The Labute approximate surface area is 157 Å². The van der Waals surface area contributed by atoms with Gasteiger partial charge < -0.3 is 18.9 Å². The van der Waals surface area contributed by atoms with Crippen LogP contribution < -0.4 is 14.2 Å². The molecule has 6 nitrogen and oxygen atoms in total. The van der Waals surface area contributed by atoms with E-state index >= 15 is 0 Å². The first-order chi connectivity index (χ1) is 13.1. The monoisotopic (exact) mass is 367 g/mol. The van der Waals surface area contributed by atoms with Gasteiger partial charge >= 0.3 is 5.97 Å². The zero-order valence-corrected chi connectivity index (χ0v) is 15.5. The maximum Gasteiger partial charge on any atom is 0.310 e. The fourth-order valence-corrected chi connectivity index (χ4v) is 2.76. The number of hydrogen-bond donors (Lipinski definition) is 0. The van der Waals surface area contributed by atoms with E-state index < -0.39 is 0 Å². The number of benzene rings is 2. The first-order valence-corrected chi connectivity index (χ1v) is 8.57. The summed E-state index contributed by atoms with van der Waals surface area (Å²) in [4.78, 5) is 16.1. The standard InChI is InChI=1S/C21H21NO5/c1-4-26-21(23)11-14-6-5-7-15(10-14)27-18-8-9-22-17-13-20(25-3)19(24-2)12-16(17)18/h5-10,12-13H,4,11H2,1-3H3. The van der Waals surface area contributed by atoms with Crippen molar-refractivity contribution in [1.82, 2.24) is 4.98 Å². The maximum atomic E-state index is 11.7. The van der Waals surface area contributed by atoms with Crippen molar-refractivity contribution in [3.8, 4) is 23.0 Å². The van der Waals surface area contributed by atoms with E-state index in [4.69, 9.17) is 18.9 Å². The van der Waals surface area contributed by atoms with Gasteiger partial charge in [-0.25, -0.2) is 0 Å². The summed E-state index contributed by atoms with van der Waals surface area (Å²) in [6.07, 6.45) is 1.87. The number of esters is 1. The van der Waals surface area contributed by atoms with Crippen molar-refractivity contribution in [2.75, 3.05) is 20.8 Å². The van der Waals surface area contributed by atoms with E-state index in [0.717, 1.165) is 16.5 Å². The number of pyridine rings is 1. The number of ether oxygens (including phenoxy) is 4. The molecule has 0 aliphatic rings. The number of carbonyl (C=O) groups is 1. The second-order valence-electron chi connectivity index (χ2n) is 5.76. The molecule has 140 valence electrons. The molecule has 0 spiro atoms. The molecule has 0 N–H and O–H groups in total. The maximum absolute atomic E-state index is 11.7. The second-order valence-corrected chi connectivity index (χ2v) is 5.76. The Hall–Kier alpha value is -3.28. The smallest absolute Gasteiger partial charge is 0.310 e. The van der Waals surface area contributed by atoms with Crippen molar-refractivity contribution in [2.24, 2.45) is 0 Å². The van der Waals surface area contributed by atoms with Gasteiger partial charge in [0.15, 0.2) is 11.5 Å². The van der Waals surface area contributed by atoms with Crippen molar-refractivity contribution in [3.05, 3.63) is 54.2 Å². The Bertz CT molecular complexity index is 954. The molecule has 0 aliphatic carbocycles. The SMILES string of the molecule is CCOC(=O)Cc1cccc(Oc2ccnc3cc(OC)c(OC)cc23)c1. The summed E-state index contributed by atoms with van der Waals surface area (Å²) < 4.78 is 21.8. The van der Waals surface area contributed by atoms with Gasteiger partial charge in [-0.2, -0.15) is 0 Å². The van der Waals surface area contributed by atoms with Gasteiger partial charge in [-0.05, 0) is 36.8 Å². The molecule has 0 amide bonds. The molecule has 0 saturated heterocycles. The predicted molar refractivity (Wildman–Crippen MR) is 102 cm³/mol. The van der Waals surface area contributed by atoms with Crippen LogP contribution >= 0.6 is 0 Å². The van der Waals surface area contributed by atoms with Crippen LogP contribution in [0.25, 0.3) is 10.9 Å². The molecule has 0 atom stereocenters. The molecule has 0 radical (unpaired) electrons. The molecule has 0 fully saturated rings. The lowest BCUT2D eigenvalue weighted by atomic mass is 10.1. The zero-order valence-electron chi connectivity index (χ0n) is 15.5. The van der Waals surface area contributed by atoms with Crippen LogP contribution in [0.15, 0.2) is 48.7 Å². The molecular formula is C21H21NO5. The van der Waals surface area contributed by atoms with Crippen molar-refractivity contribution >= 4 is 16.9 Å². The van der Waals surface area contributed by atoms with Gasteiger partial charge in [-0.3, -0.25) is 9.78 Å². The van der Waals surface area contributed by atoms with Crippen LogP contribution in [0.4, 0.5) is 0 Å². The summed E-state index contributed by atoms with van der Waals surface area (Å²) in [7, 11) is 3.17. The van der Waals surface area contributed by atoms with Gasteiger partial charge in [0.2, 0.25) is 0 Å². The summed E-state index contributed by atoms with van der Waals surface area (Å²) in [6.45, 7) is 2.15. The van der Waals surface area contributed by atoms with Gasteiger partial charge in [0.05, 0.1) is 32.8 Å².